The molecule has 0 aliphatic carbocycles. The van der Waals surface area contributed by atoms with Crippen molar-refractivity contribution in [2.75, 3.05) is 13.1 Å². The highest BCUT2D eigenvalue weighted by Crippen LogP contribution is 2.28. The van der Waals surface area contributed by atoms with Crippen molar-refractivity contribution in [2.24, 2.45) is 0 Å². The molecule has 4 rings (SSSR count). The van der Waals surface area contributed by atoms with E-state index in [4.69, 9.17) is 11.6 Å². The van der Waals surface area contributed by atoms with Crippen molar-refractivity contribution in [1.29, 1.82) is 0 Å². The molecular weight excluding hydrogens is 482 g/mol. The predicted molar refractivity (Wildman–Crippen MR) is 111 cm³/mol. The third-order valence-corrected chi connectivity index (χ3v) is 5.25. The Balaban J connectivity index is 1.61. The zero-order valence-corrected chi connectivity index (χ0v) is 18.0. The van der Waals surface area contributed by atoms with Crippen LogP contribution in [0.4, 0.5) is 8.78 Å². The number of rotatable bonds is 5. The molecule has 0 radical (unpaired) electrons. The Morgan fingerprint density at radius 3 is 2.97 bits per heavy atom. The quantitative estimate of drug-likeness (QED) is 0.679. The summed E-state index contributed by atoms with van der Waals surface area (Å²) in [5.74, 6) is -0.131. The van der Waals surface area contributed by atoms with E-state index in [2.05, 4.69) is 31.3 Å². The SMILES string of the molecule is CC1=CC2=CCN(CC(F)F)N2C=C1NC(=O)c1cc(Br)nn1-c1ncccc1Cl. The van der Waals surface area contributed by atoms with Gasteiger partial charge in [0.1, 0.15) is 10.3 Å². The number of halogens is 4. The van der Waals surface area contributed by atoms with E-state index in [1.807, 2.05) is 19.1 Å². The molecule has 0 spiro atoms. The van der Waals surface area contributed by atoms with Gasteiger partial charge in [-0.05, 0) is 52.7 Å². The first-order valence-corrected chi connectivity index (χ1v) is 10.1. The summed E-state index contributed by atoms with van der Waals surface area (Å²) in [6.07, 6.45) is 4.41. The van der Waals surface area contributed by atoms with Crippen LogP contribution in [0.3, 0.4) is 0 Å². The number of hydrogen-bond donors (Lipinski definition) is 1. The van der Waals surface area contributed by atoms with Crippen LogP contribution in [0.25, 0.3) is 5.82 Å². The molecule has 0 saturated heterocycles. The van der Waals surface area contributed by atoms with E-state index < -0.39 is 18.9 Å². The number of hydrazine groups is 1. The van der Waals surface area contributed by atoms with Gasteiger partial charge in [0, 0.05) is 25.0 Å². The number of allylic oxidation sites excluding steroid dienone is 2. The van der Waals surface area contributed by atoms with Crippen molar-refractivity contribution in [3.05, 3.63) is 75.0 Å². The summed E-state index contributed by atoms with van der Waals surface area (Å²) >= 11 is 9.48. The van der Waals surface area contributed by atoms with Crippen LogP contribution < -0.4 is 5.32 Å². The maximum Gasteiger partial charge on any atom is 0.274 e. The third kappa shape index (κ3) is 4.03. The summed E-state index contributed by atoms with van der Waals surface area (Å²) in [6, 6.07) is 4.88. The number of fused-ring (bicyclic) bond motifs is 1. The first-order valence-electron chi connectivity index (χ1n) is 8.94. The zero-order chi connectivity index (χ0) is 21.4. The maximum absolute atomic E-state index is 13.0. The largest absolute Gasteiger partial charge is 0.319 e. The summed E-state index contributed by atoms with van der Waals surface area (Å²) in [5.41, 5.74) is 2.29. The van der Waals surface area contributed by atoms with Gasteiger partial charge in [-0.2, -0.15) is 5.10 Å². The average molecular weight is 498 g/mol. The molecule has 0 unspecified atom stereocenters. The molecule has 2 aromatic rings. The summed E-state index contributed by atoms with van der Waals surface area (Å²) in [5, 5.41) is 10.5. The van der Waals surface area contributed by atoms with Gasteiger partial charge in [-0.3, -0.25) is 9.80 Å². The Hall–Kier alpha value is -2.56. The molecule has 2 aliphatic rings. The number of hydrogen-bond acceptors (Lipinski definition) is 5. The lowest BCUT2D eigenvalue weighted by Gasteiger charge is -2.32. The minimum absolute atomic E-state index is 0.211. The lowest BCUT2D eigenvalue weighted by atomic mass is 10.1. The molecule has 0 atom stereocenters. The predicted octanol–water partition coefficient (Wildman–Crippen LogP) is 3.90. The Labute approximate surface area is 184 Å². The molecular formula is C19H16BrClF2N6O. The standard InChI is InChI=1S/C19H16BrClF2N6O/c1-11-7-12-4-6-27(10-17(22)23)28(12)9-14(11)25-19(30)15-8-16(20)26-29(15)18-13(21)3-2-5-24-18/h2-5,7-9,17H,6,10H2,1H3,(H,25,30). The molecule has 0 fully saturated rings. The fourth-order valence-corrected chi connectivity index (χ4v) is 3.77. The molecule has 30 heavy (non-hydrogen) atoms. The van der Waals surface area contributed by atoms with Crippen LogP contribution in [-0.4, -0.2) is 50.2 Å². The van der Waals surface area contributed by atoms with Crippen molar-refractivity contribution in [3.63, 3.8) is 0 Å². The summed E-state index contributed by atoms with van der Waals surface area (Å²) in [7, 11) is 0. The highest BCUT2D eigenvalue weighted by atomic mass is 79.9. The van der Waals surface area contributed by atoms with E-state index in [0.717, 1.165) is 11.3 Å². The van der Waals surface area contributed by atoms with Gasteiger partial charge in [0.25, 0.3) is 12.3 Å². The lowest BCUT2D eigenvalue weighted by molar-refractivity contribution is 0.0152. The second-order valence-electron chi connectivity index (χ2n) is 6.63. The van der Waals surface area contributed by atoms with Crippen molar-refractivity contribution in [3.8, 4) is 5.82 Å². The van der Waals surface area contributed by atoms with Gasteiger partial charge in [-0.25, -0.2) is 23.5 Å². The summed E-state index contributed by atoms with van der Waals surface area (Å²) in [6.45, 7) is 1.81. The topological polar surface area (TPSA) is 66.3 Å². The molecule has 2 aromatic heterocycles. The van der Waals surface area contributed by atoms with Crippen LogP contribution in [0.15, 0.2) is 64.3 Å². The maximum atomic E-state index is 13.0. The normalized spacial score (nSPS) is 16.3. The van der Waals surface area contributed by atoms with Crippen LogP contribution in [0, 0.1) is 0 Å². The second kappa shape index (κ2) is 8.29. The Kier molecular flexibility index (Phi) is 5.72. The number of alkyl halides is 2. The highest BCUT2D eigenvalue weighted by Gasteiger charge is 2.28. The fraction of sp³-hybridized carbons (Fsp3) is 0.211. The third-order valence-electron chi connectivity index (χ3n) is 4.57. The van der Waals surface area contributed by atoms with Crippen LogP contribution >= 0.6 is 27.5 Å². The van der Waals surface area contributed by atoms with E-state index in [0.29, 0.717) is 27.7 Å². The fourth-order valence-electron chi connectivity index (χ4n) is 3.20. The molecule has 156 valence electrons. The number of carbonyl (C=O) groups is 1. The number of aromatic nitrogens is 3. The molecule has 7 nitrogen and oxygen atoms in total. The molecule has 0 aromatic carbocycles. The number of nitrogens with one attached hydrogen (secondary N) is 1. The van der Waals surface area contributed by atoms with E-state index in [9.17, 15) is 13.6 Å². The van der Waals surface area contributed by atoms with Gasteiger partial charge in [-0.15, -0.1) is 0 Å². The van der Waals surface area contributed by atoms with Crippen LogP contribution in [0.1, 0.15) is 17.4 Å². The van der Waals surface area contributed by atoms with Gasteiger partial charge < -0.3 is 5.32 Å². The molecule has 0 saturated carbocycles. The minimum atomic E-state index is -2.47. The number of amides is 1. The first-order chi connectivity index (χ1) is 14.3. The number of pyridine rings is 1. The Bertz CT molecular complexity index is 1100. The van der Waals surface area contributed by atoms with Crippen LogP contribution in [0.5, 0.6) is 0 Å². The highest BCUT2D eigenvalue weighted by molar-refractivity contribution is 9.10. The van der Waals surface area contributed by atoms with Crippen molar-refractivity contribution < 1.29 is 13.6 Å². The van der Waals surface area contributed by atoms with E-state index >= 15 is 0 Å². The first kappa shape index (κ1) is 20.7. The molecule has 1 amide bonds. The van der Waals surface area contributed by atoms with E-state index in [1.165, 1.54) is 9.69 Å². The van der Waals surface area contributed by atoms with E-state index in [1.54, 1.807) is 35.6 Å². The Morgan fingerprint density at radius 1 is 1.43 bits per heavy atom. The zero-order valence-electron chi connectivity index (χ0n) is 15.7. The summed E-state index contributed by atoms with van der Waals surface area (Å²) in [4.78, 5) is 17.2. The number of carbonyl (C=O) groups excluding carboxylic acids is 1. The van der Waals surface area contributed by atoms with Crippen LogP contribution in [-0.2, 0) is 0 Å². The van der Waals surface area contributed by atoms with Gasteiger partial charge in [-0.1, -0.05) is 11.6 Å². The van der Waals surface area contributed by atoms with Crippen molar-refractivity contribution >= 4 is 33.4 Å². The van der Waals surface area contributed by atoms with Crippen molar-refractivity contribution in [1.82, 2.24) is 30.1 Å². The molecule has 1 N–H and O–H groups in total. The average Bonchev–Trinajstić information content (AvgIpc) is 3.25. The van der Waals surface area contributed by atoms with Crippen LogP contribution in [0.2, 0.25) is 5.02 Å². The molecule has 0 bridgehead atoms. The Morgan fingerprint density at radius 2 is 2.23 bits per heavy atom. The minimum Gasteiger partial charge on any atom is -0.319 e. The summed E-state index contributed by atoms with van der Waals surface area (Å²) < 4.78 is 27.5. The second-order valence-corrected chi connectivity index (χ2v) is 7.85. The van der Waals surface area contributed by atoms with Gasteiger partial charge in [0.05, 0.1) is 23.0 Å². The lowest BCUT2D eigenvalue weighted by Crippen LogP contribution is -2.39. The van der Waals surface area contributed by atoms with E-state index in [-0.39, 0.29) is 5.69 Å². The van der Waals surface area contributed by atoms with Crippen molar-refractivity contribution in [2.45, 2.75) is 13.3 Å². The monoisotopic (exact) mass is 496 g/mol. The molecule has 4 heterocycles. The number of nitrogens with zero attached hydrogens (tertiary/aromatic N) is 5. The molecule has 11 heteroatoms. The van der Waals surface area contributed by atoms with Gasteiger partial charge in [0.2, 0.25) is 0 Å². The molecule has 2 aliphatic heterocycles. The van der Waals surface area contributed by atoms with Gasteiger partial charge >= 0.3 is 0 Å². The smallest absolute Gasteiger partial charge is 0.274 e. The van der Waals surface area contributed by atoms with Gasteiger partial charge in [0.15, 0.2) is 5.82 Å².